The Morgan fingerprint density at radius 1 is 1.10 bits per heavy atom. The SMILES string of the molecule is CCCn1ncc2c(Nc3ccccc3)nc(-c3cccc(C(=O)OC)c3)nc21. The smallest absolute Gasteiger partial charge is 0.337 e. The number of benzene rings is 2. The summed E-state index contributed by atoms with van der Waals surface area (Å²) in [6.07, 6.45) is 2.72. The highest BCUT2D eigenvalue weighted by Crippen LogP contribution is 2.28. The van der Waals surface area contributed by atoms with E-state index in [1.165, 1.54) is 7.11 Å². The van der Waals surface area contributed by atoms with E-state index in [0.717, 1.165) is 35.2 Å². The van der Waals surface area contributed by atoms with Crippen molar-refractivity contribution in [3.63, 3.8) is 0 Å². The monoisotopic (exact) mass is 387 g/mol. The fraction of sp³-hybridized carbons (Fsp3) is 0.182. The highest BCUT2D eigenvalue weighted by atomic mass is 16.5. The van der Waals surface area contributed by atoms with Crippen molar-refractivity contribution in [3.05, 3.63) is 66.4 Å². The van der Waals surface area contributed by atoms with Crippen LogP contribution in [-0.4, -0.2) is 32.8 Å². The fourth-order valence-corrected chi connectivity index (χ4v) is 3.12. The molecule has 29 heavy (non-hydrogen) atoms. The van der Waals surface area contributed by atoms with Gasteiger partial charge in [-0.2, -0.15) is 5.10 Å². The minimum absolute atomic E-state index is 0.397. The number of carbonyl (C=O) groups is 1. The zero-order valence-corrected chi connectivity index (χ0v) is 16.3. The van der Waals surface area contributed by atoms with Crippen molar-refractivity contribution in [2.45, 2.75) is 19.9 Å². The molecule has 0 fully saturated rings. The van der Waals surface area contributed by atoms with Gasteiger partial charge in [-0.3, -0.25) is 0 Å². The third kappa shape index (κ3) is 3.80. The van der Waals surface area contributed by atoms with E-state index in [2.05, 4.69) is 17.3 Å². The van der Waals surface area contributed by atoms with Gasteiger partial charge in [-0.25, -0.2) is 19.4 Å². The number of ether oxygens (including phenoxy) is 1. The summed E-state index contributed by atoms with van der Waals surface area (Å²) in [6, 6.07) is 16.9. The number of para-hydroxylation sites is 1. The molecule has 2 aromatic carbocycles. The van der Waals surface area contributed by atoms with Crippen LogP contribution in [0.15, 0.2) is 60.8 Å². The van der Waals surface area contributed by atoms with Gasteiger partial charge in [0.25, 0.3) is 0 Å². The predicted molar refractivity (Wildman–Crippen MR) is 112 cm³/mol. The number of aromatic nitrogens is 4. The lowest BCUT2D eigenvalue weighted by molar-refractivity contribution is 0.0601. The molecule has 0 aliphatic carbocycles. The van der Waals surface area contributed by atoms with Gasteiger partial charge in [-0.1, -0.05) is 37.3 Å². The summed E-state index contributed by atoms with van der Waals surface area (Å²) in [5.41, 5.74) is 2.85. The Kier molecular flexibility index (Phi) is 5.20. The Morgan fingerprint density at radius 2 is 1.93 bits per heavy atom. The lowest BCUT2D eigenvalue weighted by atomic mass is 10.1. The third-order valence-electron chi connectivity index (χ3n) is 4.51. The molecule has 1 N–H and O–H groups in total. The van der Waals surface area contributed by atoms with Gasteiger partial charge in [-0.15, -0.1) is 0 Å². The molecule has 0 radical (unpaired) electrons. The Hall–Kier alpha value is -3.74. The minimum atomic E-state index is -0.397. The van der Waals surface area contributed by atoms with Crippen molar-refractivity contribution in [1.29, 1.82) is 0 Å². The van der Waals surface area contributed by atoms with Crippen molar-refractivity contribution < 1.29 is 9.53 Å². The average molecular weight is 387 g/mol. The van der Waals surface area contributed by atoms with Crippen LogP contribution in [0.1, 0.15) is 23.7 Å². The molecule has 4 rings (SSSR count). The molecule has 4 aromatic rings. The van der Waals surface area contributed by atoms with Crippen molar-refractivity contribution in [3.8, 4) is 11.4 Å². The molecular weight excluding hydrogens is 366 g/mol. The standard InChI is InChI=1S/C22H21N5O2/c1-3-12-27-21-18(14-23-27)20(24-17-10-5-4-6-11-17)25-19(26-21)15-8-7-9-16(13-15)22(28)29-2/h4-11,13-14H,3,12H2,1-2H3,(H,24,25,26). The molecule has 0 unspecified atom stereocenters. The molecule has 0 amide bonds. The Labute approximate surface area is 168 Å². The van der Waals surface area contributed by atoms with E-state index in [1.54, 1.807) is 24.4 Å². The first-order valence-electron chi connectivity index (χ1n) is 9.44. The number of methoxy groups -OCH3 is 1. The zero-order valence-electron chi connectivity index (χ0n) is 16.3. The molecule has 0 spiro atoms. The van der Waals surface area contributed by atoms with Crippen LogP contribution in [-0.2, 0) is 11.3 Å². The van der Waals surface area contributed by atoms with Gasteiger partial charge in [-0.05, 0) is 30.7 Å². The molecule has 7 nitrogen and oxygen atoms in total. The molecule has 0 saturated carbocycles. The number of carbonyl (C=O) groups excluding carboxylic acids is 1. The van der Waals surface area contributed by atoms with Crippen LogP contribution in [0.25, 0.3) is 22.4 Å². The number of hydrogen-bond acceptors (Lipinski definition) is 6. The maximum Gasteiger partial charge on any atom is 0.337 e. The summed E-state index contributed by atoms with van der Waals surface area (Å²) < 4.78 is 6.71. The molecular formula is C22H21N5O2. The molecule has 2 aromatic heterocycles. The maximum atomic E-state index is 11.9. The summed E-state index contributed by atoms with van der Waals surface area (Å²) in [6.45, 7) is 2.85. The lowest BCUT2D eigenvalue weighted by Crippen LogP contribution is -2.04. The van der Waals surface area contributed by atoms with E-state index in [1.807, 2.05) is 41.1 Å². The Bertz CT molecular complexity index is 1150. The quantitative estimate of drug-likeness (QED) is 0.493. The van der Waals surface area contributed by atoms with E-state index in [4.69, 9.17) is 14.7 Å². The van der Waals surface area contributed by atoms with Gasteiger partial charge in [0.05, 0.1) is 24.3 Å². The number of nitrogens with zero attached hydrogens (tertiary/aromatic N) is 4. The van der Waals surface area contributed by atoms with Crippen LogP contribution in [0.3, 0.4) is 0 Å². The minimum Gasteiger partial charge on any atom is -0.465 e. The number of nitrogens with one attached hydrogen (secondary N) is 1. The van der Waals surface area contributed by atoms with Gasteiger partial charge in [0.2, 0.25) is 0 Å². The van der Waals surface area contributed by atoms with Crippen molar-refractivity contribution in [2.75, 3.05) is 12.4 Å². The average Bonchev–Trinajstić information content (AvgIpc) is 3.17. The van der Waals surface area contributed by atoms with E-state index in [9.17, 15) is 4.79 Å². The summed E-state index contributed by atoms with van der Waals surface area (Å²) >= 11 is 0. The maximum absolute atomic E-state index is 11.9. The number of fused-ring (bicyclic) bond motifs is 1. The zero-order chi connectivity index (χ0) is 20.2. The first kappa shape index (κ1) is 18.6. The van der Waals surface area contributed by atoms with Crippen LogP contribution in [0.2, 0.25) is 0 Å². The van der Waals surface area contributed by atoms with Crippen LogP contribution in [0.4, 0.5) is 11.5 Å². The molecule has 0 atom stereocenters. The van der Waals surface area contributed by atoms with Gasteiger partial charge in [0.15, 0.2) is 11.5 Å². The van der Waals surface area contributed by atoms with Gasteiger partial charge in [0.1, 0.15) is 5.82 Å². The fourth-order valence-electron chi connectivity index (χ4n) is 3.12. The van der Waals surface area contributed by atoms with Crippen LogP contribution in [0, 0.1) is 0 Å². The molecule has 7 heteroatoms. The van der Waals surface area contributed by atoms with Crippen LogP contribution in [0.5, 0.6) is 0 Å². The number of anilines is 2. The molecule has 0 bridgehead atoms. The van der Waals surface area contributed by atoms with Gasteiger partial charge >= 0.3 is 5.97 Å². The van der Waals surface area contributed by atoms with E-state index in [0.29, 0.717) is 17.2 Å². The Balaban J connectivity index is 1.86. The lowest BCUT2D eigenvalue weighted by Gasteiger charge is -2.10. The molecule has 2 heterocycles. The van der Waals surface area contributed by atoms with E-state index >= 15 is 0 Å². The molecule has 0 aliphatic rings. The largest absolute Gasteiger partial charge is 0.465 e. The van der Waals surface area contributed by atoms with Gasteiger partial charge < -0.3 is 10.1 Å². The Morgan fingerprint density at radius 3 is 2.69 bits per heavy atom. The van der Waals surface area contributed by atoms with Gasteiger partial charge in [0, 0.05) is 17.8 Å². The van der Waals surface area contributed by atoms with Crippen LogP contribution < -0.4 is 5.32 Å². The number of rotatable bonds is 6. The van der Waals surface area contributed by atoms with Crippen LogP contribution >= 0.6 is 0 Å². The second-order valence-electron chi connectivity index (χ2n) is 6.56. The molecule has 0 aliphatic heterocycles. The van der Waals surface area contributed by atoms with E-state index < -0.39 is 5.97 Å². The summed E-state index contributed by atoms with van der Waals surface area (Å²) in [5, 5.41) is 8.69. The van der Waals surface area contributed by atoms with Crippen molar-refractivity contribution in [2.24, 2.45) is 0 Å². The van der Waals surface area contributed by atoms with Crippen molar-refractivity contribution in [1.82, 2.24) is 19.7 Å². The normalized spacial score (nSPS) is 10.8. The highest BCUT2D eigenvalue weighted by Gasteiger charge is 2.15. The highest BCUT2D eigenvalue weighted by molar-refractivity contribution is 5.92. The topological polar surface area (TPSA) is 81.9 Å². The first-order valence-corrected chi connectivity index (χ1v) is 9.44. The molecule has 146 valence electrons. The second kappa shape index (κ2) is 8.10. The second-order valence-corrected chi connectivity index (χ2v) is 6.56. The summed E-state index contributed by atoms with van der Waals surface area (Å²) in [5.74, 6) is 0.785. The summed E-state index contributed by atoms with van der Waals surface area (Å²) in [4.78, 5) is 21.4. The molecule has 0 saturated heterocycles. The summed E-state index contributed by atoms with van der Waals surface area (Å²) in [7, 11) is 1.36. The number of aryl methyl sites for hydroxylation is 1. The van der Waals surface area contributed by atoms with Crippen molar-refractivity contribution >= 4 is 28.5 Å². The third-order valence-corrected chi connectivity index (χ3v) is 4.51. The van der Waals surface area contributed by atoms with E-state index in [-0.39, 0.29) is 0 Å². The number of esters is 1. The number of hydrogen-bond donors (Lipinski definition) is 1. The predicted octanol–water partition coefficient (Wildman–Crippen LogP) is 4.43. The first-order chi connectivity index (χ1) is 14.2.